The highest BCUT2D eigenvalue weighted by Crippen LogP contribution is 2.35. The van der Waals surface area contributed by atoms with E-state index < -0.39 is 11.8 Å². The van der Waals surface area contributed by atoms with Gasteiger partial charge in [0.05, 0.1) is 13.2 Å². The summed E-state index contributed by atoms with van der Waals surface area (Å²) in [6.45, 7) is 2.00. The third kappa shape index (κ3) is 3.95. The average Bonchev–Trinajstić information content (AvgIpc) is 3.18. The minimum Gasteiger partial charge on any atom is -0.460 e. The minimum absolute atomic E-state index is 0.125. The van der Waals surface area contributed by atoms with Gasteiger partial charge >= 0.3 is 5.97 Å². The van der Waals surface area contributed by atoms with Crippen LogP contribution in [0.15, 0.2) is 65.9 Å². The standard InChI is InChI=1S/C21H18N4O3/c1-2-28-21(27)20(26)19-18(15-8-4-3-5-9-15)17(13-23-19)16-10-6-7-14(11-16)12-24-25-22/h3-11,13,23H,2,12H2,1H3. The van der Waals surface area contributed by atoms with Crippen LogP contribution in [0.1, 0.15) is 23.0 Å². The van der Waals surface area contributed by atoms with Crippen LogP contribution in [0.2, 0.25) is 0 Å². The zero-order chi connectivity index (χ0) is 19.9. The first-order chi connectivity index (χ1) is 13.7. The van der Waals surface area contributed by atoms with Crippen molar-refractivity contribution < 1.29 is 14.3 Å². The Morgan fingerprint density at radius 3 is 2.57 bits per heavy atom. The molecule has 28 heavy (non-hydrogen) atoms. The lowest BCUT2D eigenvalue weighted by molar-refractivity contribution is -0.137. The Morgan fingerprint density at radius 2 is 1.86 bits per heavy atom. The molecule has 0 aliphatic carbocycles. The van der Waals surface area contributed by atoms with Crippen LogP contribution in [0.4, 0.5) is 0 Å². The maximum atomic E-state index is 12.6. The van der Waals surface area contributed by atoms with Crippen molar-refractivity contribution in [2.24, 2.45) is 5.11 Å². The number of ether oxygens (including phenoxy) is 1. The quantitative estimate of drug-likeness (QED) is 0.159. The van der Waals surface area contributed by atoms with Gasteiger partial charge in [0.1, 0.15) is 5.69 Å². The molecule has 0 unspecified atom stereocenters. The van der Waals surface area contributed by atoms with Gasteiger partial charge in [0.25, 0.3) is 5.78 Å². The molecule has 0 aliphatic rings. The number of azide groups is 1. The molecule has 0 aliphatic heterocycles. The number of carbonyl (C=O) groups is 2. The molecule has 0 saturated heterocycles. The molecule has 0 fully saturated rings. The summed E-state index contributed by atoms with van der Waals surface area (Å²) in [4.78, 5) is 30.4. The summed E-state index contributed by atoms with van der Waals surface area (Å²) in [6, 6.07) is 16.9. The smallest absolute Gasteiger partial charge is 0.381 e. The largest absolute Gasteiger partial charge is 0.460 e. The molecule has 0 saturated carbocycles. The first kappa shape index (κ1) is 18.9. The van der Waals surface area contributed by atoms with Crippen LogP contribution in [-0.4, -0.2) is 23.3 Å². The Morgan fingerprint density at radius 1 is 1.11 bits per heavy atom. The molecule has 0 radical (unpaired) electrons. The number of nitrogens with zero attached hydrogens (tertiary/aromatic N) is 3. The van der Waals surface area contributed by atoms with Crippen molar-refractivity contribution in [3.05, 3.63) is 82.5 Å². The summed E-state index contributed by atoms with van der Waals surface area (Å²) in [7, 11) is 0. The second-order valence-corrected chi connectivity index (χ2v) is 5.96. The third-order valence-corrected chi connectivity index (χ3v) is 4.19. The minimum atomic E-state index is -0.898. The van der Waals surface area contributed by atoms with Gasteiger partial charge in [-0.3, -0.25) is 4.79 Å². The fourth-order valence-electron chi connectivity index (χ4n) is 2.98. The number of ketones is 1. The monoisotopic (exact) mass is 374 g/mol. The molecule has 1 N–H and O–H groups in total. The summed E-state index contributed by atoms with van der Waals surface area (Å²) in [5, 5.41) is 3.59. The highest BCUT2D eigenvalue weighted by Gasteiger charge is 2.25. The summed E-state index contributed by atoms with van der Waals surface area (Å²) in [5.74, 6) is -1.62. The van der Waals surface area contributed by atoms with Gasteiger partial charge in [0.2, 0.25) is 0 Å². The van der Waals surface area contributed by atoms with Crippen molar-refractivity contribution in [2.45, 2.75) is 13.5 Å². The lowest BCUT2D eigenvalue weighted by Gasteiger charge is -2.09. The normalized spacial score (nSPS) is 10.2. The summed E-state index contributed by atoms with van der Waals surface area (Å²) in [5.41, 5.74) is 12.6. The number of carbonyl (C=O) groups excluding carboxylic acids is 2. The van der Waals surface area contributed by atoms with Crippen LogP contribution in [0.5, 0.6) is 0 Å². The van der Waals surface area contributed by atoms with Crippen LogP contribution >= 0.6 is 0 Å². The predicted octanol–water partition coefficient (Wildman–Crippen LogP) is 4.90. The number of benzene rings is 2. The summed E-state index contributed by atoms with van der Waals surface area (Å²) in [6.07, 6.45) is 1.70. The van der Waals surface area contributed by atoms with E-state index >= 15 is 0 Å². The fourth-order valence-corrected chi connectivity index (χ4v) is 2.98. The van der Waals surface area contributed by atoms with Crippen molar-refractivity contribution >= 4 is 11.8 Å². The molecular formula is C21H18N4O3. The van der Waals surface area contributed by atoms with Gasteiger partial charge in [-0.05, 0) is 29.1 Å². The van der Waals surface area contributed by atoms with E-state index in [0.717, 1.165) is 22.3 Å². The lowest BCUT2D eigenvalue weighted by Crippen LogP contribution is -2.18. The van der Waals surface area contributed by atoms with Crippen molar-refractivity contribution in [1.82, 2.24) is 4.98 Å². The molecule has 7 nitrogen and oxygen atoms in total. The predicted molar refractivity (Wildman–Crippen MR) is 105 cm³/mol. The van der Waals surface area contributed by atoms with E-state index in [1.807, 2.05) is 54.6 Å². The van der Waals surface area contributed by atoms with Gasteiger partial charge < -0.3 is 9.72 Å². The third-order valence-electron chi connectivity index (χ3n) is 4.19. The first-order valence-corrected chi connectivity index (χ1v) is 8.74. The Labute approximate surface area is 161 Å². The second-order valence-electron chi connectivity index (χ2n) is 5.96. The van der Waals surface area contributed by atoms with Gasteiger partial charge in [0, 0.05) is 22.2 Å². The molecule has 140 valence electrons. The Balaban J connectivity index is 2.14. The van der Waals surface area contributed by atoms with E-state index in [1.165, 1.54) is 0 Å². The maximum Gasteiger partial charge on any atom is 0.381 e. The number of nitrogens with one attached hydrogen (secondary N) is 1. The molecule has 3 rings (SSSR count). The number of rotatable bonds is 7. The SMILES string of the molecule is CCOC(=O)C(=O)c1[nH]cc(-c2cccc(CN=[N+]=[N-])c2)c1-c1ccccc1. The van der Waals surface area contributed by atoms with Crippen molar-refractivity contribution in [3.8, 4) is 22.3 Å². The Bertz CT molecular complexity index is 1050. The van der Waals surface area contributed by atoms with Gasteiger partial charge in [0.15, 0.2) is 0 Å². The molecule has 3 aromatic rings. The molecule has 7 heteroatoms. The second kappa shape index (κ2) is 8.70. The molecule has 0 amide bonds. The van der Waals surface area contributed by atoms with E-state index in [2.05, 4.69) is 15.0 Å². The highest BCUT2D eigenvalue weighted by molar-refractivity contribution is 6.41. The van der Waals surface area contributed by atoms with Gasteiger partial charge in [-0.2, -0.15) is 0 Å². The zero-order valence-corrected chi connectivity index (χ0v) is 15.3. The zero-order valence-electron chi connectivity index (χ0n) is 15.3. The highest BCUT2D eigenvalue weighted by atomic mass is 16.5. The van der Waals surface area contributed by atoms with Crippen LogP contribution in [0.3, 0.4) is 0 Å². The van der Waals surface area contributed by atoms with Gasteiger partial charge in [-0.1, -0.05) is 59.7 Å². The fraction of sp³-hybridized carbons (Fsp3) is 0.143. The van der Waals surface area contributed by atoms with E-state index in [0.29, 0.717) is 5.56 Å². The van der Waals surface area contributed by atoms with Crippen molar-refractivity contribution in [2.75, 3.05) is 6.61 Å². The topological polar surface area (TPSA) is 108 Å². The number of Topliss-reactive ketones (excluding diaryl/α,β-unsaturated/α-hetero) is 1. The Kier molecular flexibility index (Phi) is 5.89. The molecule has 2 aromatic carbocycles. The molecule has 1 aromatic heterocycles. The molecule has 0 spiro atoms. The van der Waals surface area contributed by atoms with Crippen LogP contribution in [0.25, 0.3) is 32.7 Å². The van der Waals surface area contributed by atoms with E-state index in [9.17, 15) is 9.59 Å². The maximum absolute atomic E-state index is 12.6. The Hall–Kier alpha value is -3.83. The average molecular weight is 374 g/mol. The number of esters is 1. The molecule has 1 heterocycles. The summed E-state index contributed by atoms with van der Waals surface area (Å²) >= 11 is 0. The number of H-pyrrole nitrogens is 1. The van der Waals surface area contributed by atoms with Crippen LogP contribution in [0, 0.1) is 0 Å². The van der Waals surface area contributed by atoms with Crippen molar-refractivity contribution in [3.63, 3.8) is 0 Å². The number of hydrogen-bond donors (Lipinski definition) is 1. The number of hydrogen-bond acceptors (Lipinski definition) is 4. The van der Waals surface area contributed by atoms with E-state index in [-0.39, 0.29) is 18.8 Å². The summed E-state index contributed by atoms with van der Waals surface area (Å²) < 4.78 is 4.87. The van der Waals surface area contributed by atoms with Gasteiger partial charge in [-0.15, -0.1) is 0 Å². The molecular weight excluding hydrogens is 356 g/mol. The van der Waals surface area contributed by atoms with Crippen LogP contribution in [-0.2, 0) is 16.1 Å². The van der Waals surface area contributed by atoms with E-state index in [4.69, 9.17) is 10.3 Å². The number of aromatic amines is 1. The first-order valence-electron chi connectivity index (χ1n) is 8.74. The van der Waals surface area contributed by atoms with Crippen molar-refractivity contribution in [1.29, 1.82) is 0 Å². The molecule has 0 atom stereocenters. The molecule has 0 bridgehead atoms. The number of aromatic nitrogens is 1. The van der Waals surface area contributed by atoms with Crippen LogP contribution < -0.4 is 0 Å². The van der Waals surface area contributed by atoms with E-state index in [1.54, 1.807) is 13.1 Å². The van der Waals surface area contributed by atoms with Gasteiger partial charge in [-0.25, -0.2) is 4.79 Å². The lowest BCUT2D eigenvalue weighted by atomic mass is 9.94.